The normalized spacial score (nSPS) is 18.2. The first-order chi connectivity index (χ1) is 19.0. The average Bonchev–Trinajstić information content (AvgIpc) is 3.54. The Hall–Kier alpha value is -3.01. The molecule has 2 aliphatic heterocycles. The number of fused-ring (bicyclic) bond motifs is 1. The molecule has 4 aromatic rings. The third-order valence-corrected chi connectivity index (χ3v) is 11.0. The van der Waals surface area contributed by atoms with Crippen LogP contribution in [0, 0.1) is 0 Å². The molecule has 1 unspecified atom stereocenters. The molecule has 0 saturated carbocycles. The summed E-state index contributed by atoms with van der Waals surface area (Å²) >= 11 is 1.19. The van der Waals surface area contributed by atoms with E-state index in [2.05, 4.69) is 53.4 Å². The second-order valence-electron chi connectivity index (χ2n) is 10.1. The van der Waals surface area contributed by atoms with Crippen molar-refractivity contribution in [3.63, 3.8) is 0 Å². The molecule has 0 bridgehead atoms. The Kier molecular flexibility index (Phi) is 8.73. The standard InChI is InChI=1S/C31H31N3O3S2.ClH/c35-31(28-22-26-14-7-8-15-27(26)23-34(28)39(36,37)29-16-9-21-38-29)33-19-17-32(18-20-33)30(24-10-3-1-4-11-24)25-12-5-2-6-13-25;/h1-16,21,28,30H,17-20,22-23H2;1H. The summed E-state index contributed by atoms with van der Waals surface area (Å²) in [5.74, 6) is -0.111. The predicted octanol–water partition coefficient (Wildman–Crippen LogP) is 5.22. The van der Waals surface area contributed by atoms with E-state index in [0.717, 1.165) is 11.1 Å². The number of carbonyl (C=O) groups is 1. The first-order valence-electron chi connectivity index (χ1n) is 13.3. The topological polar surface area (TPSA) is 60.9 Å². The van der Waals surface area contributed by atoms with Gasteiger partial charge in [0.1, 0.15) is 10.3 Å². The highest BCUT2D eigenvalue weighted by atomic mass is 35.5. The maximum atomic E-state index is 14.0. The summed E-state index contributed by atoms with van der Waals surface area (Å²) < 4.78 is 29.0. The zero-order valence-electron chi connectivity index (χ0n) is 22.0. The molecule has 1 aromatic heterocycles. The number of amides is 1. The molecule has 0 N–H and O–H groups in total. The lowest BCUT2D eigenvalue weighted by atomic mass is 9.94. The molecule has 1 fully saturated rings. The fourth-order valence-electron chi connectivity index (χ4n) is 5.78. The molecule has 40 heavy (non-hydrogen) atoms. The Morgan fingerprint density at radius 3 is 1.90 bits per heavy atom. The van der Waals surface area contributed by atoms with Gasteiger partial charge in [-0.25, -0.2) is 8.42 Å². The van der Waals surface area contributed by atoms with Gasteiger partial charge in [0.05, 0.1) is 6.04 Å². The minimum atomic E-state index is -3.80. The summed E-state index contributed by atoms with van der Waals surface area (Å²) in [6, 6.07) is 31.5. The molecule has 2 aliphatic rings. The largest absolute Gasteiger partial charge is 0.339 e. The highest BCUT2D eigenvalue weighted by Gasteiger charge is 2.42. The van der Waals surface area contributed by atoms with Crippen LogP contribution in [0.5, 0.6) is 0 Å². The number of sulfonamides is 1. The van der Waals surface area contributed by atoms with Crippen molar-refractivity contribution in [3.05, 3.63) is 125 Å². The van der Waals surface area contributed by atoms with E-state index in [-0.39, 0.29) is 35.1 Å². The van der Waals surface area contributed by atoms with Crippen LogP contribution in [0.2, 0.25) is 0 Å². The van der Waals surface area contributed by atoms with Crippen molar-refractivity contribution in [2.75, 3.05) is 26.2 Å². The van der Waals surface area contributed by atoms with E-state index >= 15 is 0 Å². The summed E-state index contributed by atoms with van der Waals surface area (Å²) in [4.78, 5) is 18.3. The Morgan fingerprint density at radius 1 is 0.750 bits per heavy atom. The lowest BCUT2D eigenvalue weighted by Gasteiger charge is -2.42. The van der Waals surface area contributed by atoms with Crippen LogP contribution in [0.25, 0.3) is 0 Å². The molecule has 1 amide bonds. The van der Waals surface area contributed by atoms with Gasteiger partial charge in [0.15, 0.2) is 0 Å². The first-order valence-corrected chi connectivity index (χ1v) is 15.6. The van der Waals surface area contributed by atoms with Crippen LogP contribution < -0.4 is 0 Å². The molecule has 6 rings (SSSR count). The third kappa shape index (κ3) is 5.60. The van der Waals surface area contributed by atoms with Crippen molar-refractivity contribution in [2.45, 2.75) is 29.3 Å². The van der Waals surface area contributed by atoms with E-state index < -0.39 is 16.1 Å². The summed E-state index contributed by atoms with van der Waals surface area (Å²) in [5, 5.41) is 1.76. The number of nitrogens with zero attached hydrogens (tertiary/aromatic N) is 3. The van der Waals surface area contributed by atoms with Gasteiger partial charge >= 0.3 is 0 Å². The van der Waals surface area contributed by atoms with Gasteiger partial charge < -0.3 is 4.90 Å². The number of hydrogen-bond acceptors (Lipinski definition) is 5. The summed E-state index contributed by atoms with van der Waals surface area (Å²) in [6.07, 6.45) is 0.385. The lowest BCUT2D eigenvalue weighted by molar-refractivity contribution is -0.137. The molecule has 0 radical (unpaired) electrons. The van der Waals surface area contributed by atoms with Crippen LogP contribution in [0.1, 0.15) is 28.3 Å². The SMILES string of the molecule is Cl.O=C(C1Cc2ccccc2CN1S(=O)(=O)c1cccs1)N1CCN(C(c2ccccc2)c2ccccc2)CC1. The third-order valence-electron chi connectivity index (χ3n) is 7.77. The Balaban J connectivity index is 0.00000323. The molecule has 208 valence electrons. The molecule has 0 aliphatic carbocycles. The van der Waals surface area contributed by atoms with E-state index in [1.165, 1.54) is 26.8 Å². The monoisotopic (exact) mass is 593 g/mol. The van der Waals surface area contributed by atoms with E-state index in [1.54, 1.807) is 17.5 Å². The summed E-state index contributed by atoms with van der Waals surface area (Å²) in [7, 11) is -3.80. The predicted molar refractivity (Wildman–Crippen MR) is 161 cm³/mol. The van der Waals surface area contributed by atoms with Crippen LogP contribution in [0.3, 0.4) is 0 Å². The number of hydrogen-bond donors (Lipinski definition) is 0. The van der Waals surface area contributed by atoms with E-state index in [0.29, 0.717) is 32.6 Å². The van der Waals surface area contributed by atoms with Gasteiger partial charge in [-0.05, 0) is 40.1 Å². The van der Waals surface area contributed by atoms with Crippen molar-refractivity contribution in [3.8, 4) is 0 Å². The smallest absolute Gasteiger partial charge is 0.253 e. The Labute approximate surface area is 246 Å². The van der Waals surface area contributed by atoms with E-state index in [1.807, 2.05) is 41.3 Å². The van der Waals surface area contributed by atoms with Gasteiger partial charge in [0.2, 0.25) is 5.91 Å². The average molecular weight is 594 g/mol. The molecular formula is C31H32ClN3O3S2. The number of thiophene rings is 1. The van der Waals surface area contributed by atoms with Gasteiger partial charge in [-0.1, -0.05) is 91.0 Å². The molecule has 0 spiro atoms. The number of halogens is 1. The molecule has 6 nitrogen and oxygen atoms in total. The number of rotatable bonds is 6. The van der Waals surface area contributed by atoms with Crippen LogP contribution in [0.4, 0.5) is 0 Å². The summed E-state index contributed by atoms with van der Waals surface area (Å²) in [6.45, 7) is 2.74. The van der Waals surface area contributed by atoms with Crippen molar-refractivity contribution < 1.29 is 13.2 Å². The highest BCUT2D eigenvalue weighted by Crippen LogP contribution is 2.33. The second kappa shape index (κ2) is 12.2. The van der Waals surface area contributed by atoms with Gasteiger partial charge in [0.25, 0.3) is 10.0 Å². The molecular weight excluding hydrogens is 562 g/mol. The van der Waals surface area contributed by atoms with Crippen molar-refractivity contribution in [1.29, 1.82) is 0 Å². The zero-order chi connectivity index (χ0) is 26.8. The Morgan fingerprint density at radius 2 is 1.32 bits per heavy atom. The van der Waals surface area contributed by atoms with Crippen LogP contribution in [0.15, 0.2) is 107 Å². The summed E-state index contributed by atoms with van der Waals surface area (Å²) in [5.41, 5.74) is 4.45. The maximum Gasteiger partial charge on any atom is 0.253 e. The fourth-order valence-corrected chi connectivity index (χ4v) is 8.46. The van der Waals surface area contributed by atoms with Crippen molar-refractivity contribution in [2.24, 2.45) is 0 Å². The number of benzene rings is 3. The molecule has 3 aromatic carbocycles. The minimum Gasteiger partial charge on any atom is -0.339 e. The molecule has 1 saturated heterocycles. The highest BCUT2D eigenvalue weighted by molar-refractivity contribution is 7.91. The van der Waals surface area contributed by atoms with Crippen molar-refractivity contribution in [1.82, 2.24) is 14.1 Å². The lowest BCUT2D eigenvalue weighted by Crippen LogP contribution is -2.57. The van der Waals surface area contributed by atoms with Crippen LogP contribution in [-0.2, 0) is 27.8 Å². The number of carbonyl (C=O) groups excluding carboxylic acids is 1. The van der Waals surface area contributed by atoms with E-state index in [9.17, 15) is 13.2 Å². The second-order valence-corrected chi connectivity index (χ2v) is 13.1. The minimum absolute atomic E-state index is 0. The zero-order valence-corrected chi connectivity index (χ0v) is 24.5. The first kappa shape index (κ1) is 28.5. The fraction of sp³-hybridized carbons (Fsp3) is 0.258. The number of piperazine rings is 1. The van der Waals surface area contributed by atoms with E-state index in [4.69, 9.17) is 0 Å². The molecule has 1 atom stereocenters. The van der Waals surface area contributed by atoms with Crippen LogP contribution in [-0.4, -0.2) is 60.7 Å². The van der Waals surface area contributed by atoms with Gasteiger partial charge in [0, 0.05) is 32.7 Å². The Bertz CT molecular complexity index is 1490. The molecule has 3 heterocycles. The quantitative estimate of drug-likeness (QED) is 0.308. The maximum absolute atomic E-state index is 14.0. The van der Waals surface area contributed by atoms with Gasteiger partial charge in [-0.15, -0.1) is 23.7 Å². The molecule has 9 heteroatoms. The van der Waals surface area contributed by atoms with Gasteiger partial charge in [-0.3, -0.25) is 9.69 Å². The van der Waals surface area contributed by atoms with Crippen molar-refractivity contribution >= 4 is 39.7 Å². The van der Waals surface area contributed by atoms with Crippen LogP contribution >= 0.6 is 23.7 Å². The van der Waals surface area contributed by atoms with Gasteiger partial charge in [-0.2, -0.15) is 4.31 Å².